The molecule has 1 aliphatic heterocycles. The minimum absolute atomic E-state index is 0.0585. The van der Waals surface area contributed by atoms with E-state index in [4.69, 9.17) is 0 Å². The predicted molar refractivity (Wildman–Crippen MR) is 97.6 cm³/mol. The number of hydrogen-bond acceptors (Lipinski definition) is 2. The van der Waals surface area contributed by atoms with Gasteiger partial charge in [0, 0.05) is 35.7 Å². The minimum atomic E-state index is 0.0585. The lowest BCUT2D eigenvalue weighted by atomic mass is 9.88. The quantitative estimate of drug-likeness (QED) is 0.850. The third-order valence-electron chi connectivity index (χ3n) is 5.27. The van der Waals surface area contributed by atoms with Gasteiger partial charge in [0.25, 0.3) is 5.91 Å². The molecule has 0 radical (unpaired) electrons. The van der Waals surface area contributed by atoms with Crippen molar-refractivity contribution in [3.8, 4) is 0 Å². The Balaban J connectivity index is 1.41. The number of likely N-dealkylation sites (tertiary alicyclic amines) is 1. The molecule has 1 heterocycles. The van der Waals surface area contributed by atoms with Gasteiger partial charge >= 0.3 is 0 Å². The monoisotopic (exact) mass is 378 g/mol. The van der Waals surface area contributed by atoms with E-state index in [-0.39, 0.29) is 5.91 Å². The van der Waals surface area contributed by atoms with Crippen molar-refractivity contribution >= 4 is 21.8 Å². The Labute approximate surface area is 148 Å². The fourth-order valence-corrected chi connectivity index (χ4v) is 4.13. The van der Waals surface area contributed by atoms with E-state index in [2.05, 4.69) is 26.1 Å². The summed E-state index contributed by atoms with van der Waals surface area (Å²) in [5.41, 5.74) is 0.748. The number of rotatable bonds is 4. The molecule has 2 fully saturated rings. The van der Waals surface area contributed by atoms with Crippen molar-refractivity contribution in [2.45, 2.75) is 51.0 Å². The summed E-state index contributed by atoms with van der Waals surface area (Å²) in [6, 6.07) is 7.91. The van der Waals surface area contributed by atoms with Crippen LogP contribution in [0, 0.1) is 5.92 Å². The molecule has 0 bridgehead atoms. The second kappa shape index (κ2) is 8.29. The molecule has 1 amide bonds. The number of carbonyl (C=O) groups is 1. The van der Waals surface area contributed by atoms with Crippen LogP contribution in [-0.2, 0) is 0 Å². The van der Waals surface area contributed by atoms with Gasteiger partial charge in [-0.1, -0.05) is 35.2 Å². The van der Waals surface area contributed by atoms with E-state index >= 15 is 0 Å². The predicted octanol–water partition coefficient (Wildman–Crippen LogP) is 4.22. The summed E-state index contributed by atoms with van der Waals surface area (Å²) in [6.07, 6.45) is 9.26. The number of nitrogens with one attached hydrogen (secondary N) is 1. The van der Waals surface area contributed by atoms with Gasteiger partial charge < -0.3 is 10.2 Å². The van der Waals surface area contributed by atoms with Crippen LogP contribution in [0.2, 0.25) is 0 Å². The molecule has 0 unspecified atom stereocenters. The highest BCUT2D eigenvalue weighted by atomic mass is 79.9. The molecule has 1 N–H and O–H groups in total. The van der Waals surface area contributed by atoms with Gasteiger partial charge in [0.1, 0.15) is 0 Å². The van der Waals surface area contributed by atoms with Crippen molar-refractivity contribution in [3.63, 3.8) is 0 Å². The number of amides is 1. The molecule has 23 heavy (non-hydrogen) atoms. The van der Waals surface area contributed by atoms with E-state index in [0.717, 1.165) is 41.9 Å². The van der Waals surface area contributed by atoms with E-state index in [1.165, 1.54) is 38.6 Å². The fourth-order valence-electron chi connectivity index (χ4n) is 3.86. The summed E-state index contributed by atoms with van der Waals surface area (Å²) in [4.78, 5) is 14.9. The van der Waals surface area contributed by atoms with Crippen LogP contribution in [0.5, 0.6) is 0 Å². The molecule has 1 aromatic carbocycles. The Morgan fingerprint density at radius 2 is 1.70 bits per heavy atom. The molecule has 1 aromatic rings. The normalized spacial score (nSPS) is 21.3. The lowest BCUT2D eigenvalue weighted by molar-refractivity contribution is 0.0901. The Morgan fingerprint density at radius 3 is 2.35 bits per heavy atom. The SMILES string of the molecule is O=C(NC1CCN(CC2CCCCC2)CC1)c1ccc(Br)cc1. The van der Waals surface area contributed by atoms with Gasteiger partial charge in [0.2, 0.25) is 0 Å². The van der Waals surface area contributed by atoms with Crippen LogP contribution in [-0.4, -0.2) is 36.5 Å². The molecule has 3 nitrogen and oxygen atoms in total. The van der Waals surface area contributed by atoms with Crippen LogP contribution in [0.1, 0.15) is 55.3 Å². The smallest absolute Gasteiger partial charge is 0.251 e. The van der Waals surface area contributed by atoms with Gasteiger partial charge in [-0.2, -0.15) is 0 Å². The highest BCUT2D eigenvalue weighted by Gasteiger charge is 2.23. The number of nitrogens with zero attached hydrogens (tertiary/aromatic N) is 1. The van der Waals surface area contributed by atoms with Gasteiger partial charge in [-0.05, 0) is 55.9 Å². The standard InChI is InChI=1S/C19H27BrN2O/c20-17-8-6-16(7-9-17)19(23)21-18-10-12-22(13-11-18)14-15-4-2-1-3-5-15/h6-9,15,18H,1-5,10-14H2,(H,21,23). The maximum Gasteiger partial charge on any atom is 0.251 e. The van der Waals surface area contributed by atoms with E-state index in [1.54, 1.807) is 0 Å². The van der Waals surface area contributed by atoms with Gasteiger partial charge in [0.15, 0.2) is 0 Å². The van der Waals surface area contributed by atoms with Gasteiger partial charge in [0.05, 0.1) is 0 Å². The van der Waals surface area contributed by atoms with E-state index in [9.17, 15) is 4.79 Å². The van der Waals surface area contributed by atoms with Crippen LogP contribution < -0.4 is 5.32 Å². The molecule has 0 atom stereocenters. The topological polar surface area (TPSA) is 32.3 Å². The highest BCUT2D eigenvalue weighted by Crippen LogP contribution is 2.25. The molecule has 126 valence electrons. The maximum atomic E-state index is 12.3. The first-order chi connectivity index (χ1) is 11.2. The fraction of sp³-hybridized carbons (Fsp3) is 0.632. The van der Waals surface area contributed by atoms with Gasteiger partial charge in [-0.25, -0.2) is 0 Å². The zero-order valence-corrected chi connectivity index (χ0v) is 15.4. The molecule has 4 heteroatoms. The van der Waals surface area contributed by atoms with Crippen molar-refractivity contribution in [2.24, 2.45) is 5.92 Å². The number of benzene rings is 1. The number of halogens is 1. The van der Waals surface area contributed by atoms with Crippen molar-refractivity contribution in [2.75, 3.05) is 19.6 Å². The largest absolute Gasteiger partial charge is 0.349 e. The number of carbonyl (C=O) groups excluding carboxylic acids is 1. The Kier molecular flexibility index (Phi) is 6.12. The van der Waals surface area contributed by atoms with Crippen molar-refractivity contribution in [1.29, 1.82) is 0 Å². The summed E-state index contributed by atoms with van der Waals surface area (Å²) in [6.45, 7) is 3.52. The van der Waals surface area contributed by atoms with Crippen LogP contribution in [0.3, 0.4) is 0 Å². The average Bonchev–Trinajstić information content (AvgIpc) is 2.58. The third-order valence-corrected chi connectivity index (χ3v) is 5.80. The van der Waals surface area contributed by atoms with Crippen LogP contribution in [0.4, 0.5) is 0 Å². The molecule has 0 spiro atoms. The first-order valence-corrected chi connectivity index (χ1v) is 9.79. The molecule has 1 saturated carbocycles. The lowest BCUT2D eigenvalue weighted by Gasteiger charge is -2.35. The maximum absolute atomic E-state index is 12.3. The molecular formula is C19H27BrN2O. The molecule has 1 saturated heterocycles. The molecule has 2 aliphatic rings. The minimum Gasteiger partial charge on any atom is -0.349 e. The van der Waals surface area contributed by atoms with Gasteiger partial charge in [-0.15, -0.1) is 0 Å². The summed E-state index contributed by atoms with van der Waals surface area (Å²) >= 11 is 3.40. The summed E-state index contributed by atoms with van der Waals surface area (Å²) in [5, 5.41) is 3.20. The highest BCUT2D eigenvalue weighted by molar-refractivity contribution is 9.10. The zero-order valence-electron chi connectivity index (χ0n) is 13.8. The third kappa shape index (κ3) is 5.05. The first kappa shape index (κ1) is 17.0. The first-order valence-electron chi connectivity index (χ1n) is 8.99. The van der Waals surface area contributed by atoms with Crippen LogP contribution >= 0.6 is 15.9 Å². The Bertz CT molecular complexity index is 503. The van der Waals surface area contributed by atoms with Crippen molar-refractivity contribution in [1.82, 2.24) is 10.2 Å². The molecular weight excluding hydrogens is 352 g/mol. The summed E-state index contributed by atoms with van der Waals surface area (Å²) < 4.78 is 1.00. The average molecular weight is 379 g/mol. The van der Waals surface area contributed by atoms with E-state index in [0.29, 0.717) is 6.04 Å². The van der Waals surface area contributed by atoms with Crippen LogP contribution in [0.15, 0.2) is 28.7 Å². The summed E-state index contributed by atoms with van der Waals surface area (Å²) in [7, 11) is 0. The number of hydrogen-bond donors (Lipinski definition) is 1. The summed E-state index contributed by atoms with van der Waals surface area (Å²) in [5.74, 6) is 0.973. The van der Waals surface area contributed by atoms with Gasteiger partial charge in [-0.3, -0.25) is 4.79 Å². The molecule has 1 aliphatic carbocycles. The second-order valence-corrected chi connectivity index (χ2v) is 7.97. The molecule has 3 rings (SSSR count). The van der Waals surface area contributed by atoms with Crippen LogP contribution in [0.25, 0.3) is 0 Å². The Hall–Kier alpha value is -0.870. The second-order valence-electron chi connectivity index (χ2n) is 7.06. The zero-order chi connectivity index (χ0) is 16.1. The Morgan fingerprint density at radius 1 is 1.04 bits per heavy atom. The molecule has 0 aromatic heterocycles. The van der Waals surface area contributed by atoms with Crippen molar-refractivity contribution < 1.29 is 4.79 Å². The number of piperidine rings is 1. The van der Waals surface area contributed by atoms with E-state index in [1.807, 2.05) is 24.3 Å². The lowest BCUT2D eigenvalue weighted by Crippen LogP contribution is -2.45. The van der Waals surface area contributed by atoms with E-state index < -0.39 is 0 Å². The van der Waals surface area contributed by atoms with Crippen molar-refractivity contribution in [3.05, 3.63) is 34.3 Å².